The zero-order chi connectivity index (χ0) is 20.9. The van der Waals surface area contributed by atoms with E-state index in [2.05, 4.69) is 0 Å². The van der Waals surface area contributed by atoms with Crippen molar-refractivity contribution >= 4 is 17.5 Å². The summed E-state index contributed by atoms with van der Waals surface area (Å²) in [5.74, 6) is -1.51. The SMILES string of the molecule is COc1ccc([C@@H]2[C@H]3C(=O)N(c4cccc(C(F)(F)F)c4)C(=O)[C@H]3ON2C)cc1. The maximum atomic E-state index is 13.1. The third-order valence-corrected chi connectivity index (χ3v) is 5.20. The van der Waals surface area contributed by atoms with Gasteiger partial charge in [0, 0.05) is 7.05 Å². The van der Waals surface area contributed by atoms with Gasteiger partial charge >= 0.3 is 6.18 Å². The quantitative estimate of drug-likeness (QED) is 0.733. The Bertz CT molecular complexity index is 961. The Morgan fingerprint density at radius 1 is 1.03 bits per heavy atom. The number of carbonyl (C=O) groups is 2. The van der Waals surface area contributed by atoms with Gasteiger partial charge < -0.3 is 4.74 Å². The first-order valence-electron chi connectivity index (χ1n) is 8.81. The molecule has 2 aliphatic rings. The number of imide groups is 1. The first kappa shape index (κ1) is 19.4. The molecule has 2 fully saturated rings. The van der Waals surface area contributed by atoms with Crippen LogP contribution in [0.25, 0.3) is 0 Å². The van der Waals surface area contributed by atoms with E-state index in [9.17, 15) is 22.8 Å². The highest BCUT2D eigenvalue weighted by Gasteiger charge is 2.59. The van der Waals surface area contributed by atoms with Crippen LogP contribution in [0.3, 0.4) is 0 Å². The fourth-order valence-corrected chi connectivity index (χ4v) is 3.84. The zero-order valence-corrected chi connectivity index (χ0v) is 15.5. The molecule has 0 saturated carbocycles. The summed E-state index contributed by atoms with van der Waals surface area (Å²) in [5.41, 5.74) is -0.325. The van der Waals surface area contributed by atoms with Crippen molar-refractivity contribution < 1.29 is 32.3 Å². The van der Waals surface area contributed by atoms with E-state index in [1.165, 1.54) is 24.3 Å². The lowest BCUT2D eigenvalue weighted by Crippen LogP contribution is -2.36. The summed E-state index contributed by atoms with van der Waals surface area (Å²) in [5, 5.41) is 1.44. The van der Waals surface area contributed by atoms with Gasteiger partial charge in [-0.05, 0) is 35.9 Å². The molecule has 6 nitrogen and oxygen atoms in total. The third kappa shape index (κ3) is 3.16. The molecule has 0 unspecified atom stereocenters. The summed E-state index contributed by atoms with van der Waals surface area (Å²) in [7, 11) is 3.14. The molecule has 0 aliphatic carbocycles. The maximum Gasteiger partial charge on any atom is 0.416 e. The Kier molecular flexibility index (Phi) is 4.59. The minimum absolute atomic E-state index is 0.121. The summed E-state index contributed by atoms with van der Waals surface area (Å²) in [6.45, 7) is 0. The normalized spacial score (nSPS) is 24.9. The Balaban J connectivity index is 1.69. The average molecular weight is 406 g/mol. The van der Waals surface area contributed by atoms with Crippen LogP contribution < -0.4 is 9.64 Å². The molecular formula is C20H17F3N2O4. The van der Waals surface area contributed by atoms with Crippen molar-refractivity contribution in [2.75, 3.05) is 19.1 Å². The summed E-state index contributed by atoms with van der Waals surface area (Å²) >= 11 is 0. The molecule has 0 N–H and O–H groups in total. The number of alkyl halides is 3. The molecule has 2 aliphatic heterocycles. The molecule has 0 spiro atoms. The van der Waals surface area contributed by atoms with Crippen LogP contribution in [0.15, 0.2) is 48.5 Å². The van der Waals surface area contributed by atoms with E-state index in [4.69, 9.17) is 9.57 Å². The molecule has 2 amide bonds. The van der Waals surface area contributed by atoms with Crippen molar-refractivity contribution in [2.24, 2.45) is 5.92 Å². The number of fused-ring (bicyclic) bond motifs is 1. The number of ether oxygens (including phenoxy) is 1. The van der Waals surface area contributed by atoms with E-state index in [1.807, 2.05) is 0 Å². The summed E-state index contributed by atoms with van der Waals surface area (Å²) in [4.78, 5) is 32.3. The molecule has 0 bridgehead atoms. The minimum Gasteiger partial charge on any atom is -0.497 e. The number of benzene rings is 2. The number of methoxy groups -OCH3 is 1. The fourth-order valence-electron chi connectivity index (χ4n) is 3.84. The first-order chi connectivity index (χ1) is 13.7. The number of halogens is 3. The van der Waals surface area contributed by atoms with Crippen molar-refractivity contribution in [3.05, 3.63) is 59.7 Å². The molecule has 4 rings (SSSR count). The monoisotopic (exact) mass is 406 g/mol. The summed E-state index contributed by atoms with van der Waals surface area (Å²) in [6.07, 6.45) is -5.67. The van der Waals surface area contributed by atoms with Gasteiger partial charge in [0.05, 0.1) is 30.3 Å². The van der Waals surface area contributed by atoms with Gasteiger partial charge in [-0.15, -0.1) is 0 Å². The van der Waals surface area contributed by atoms with Crippen LogP contribution in [0, 0.1) is 5.92 Å². The Labute approximate surface area is 164 Å². The lowest BCUT2D eigenvalue weighted by molar-refractivity contribution is -0.160. The van der Waals surface area contributed by atoms with Gasteiger partial charge in [0.1, 0.15) is 5.75 Å². The number of anilines is 1. The van der Waals surface area contributed by atoms with Gasteiger partial charge in [-0.1, -0.05) is 18.2 Å². The second-order valence-electron chi connectivity index (χ2n) is 6.88. The predicted octanol–water partition coefficient (Wildman–Crippen LogP) is 3.19. The second-order valence-corrected chi connectivity index (χ2v) is 6.88. The van der Waals surface area contributed by atoms with Gasteiger partial charge in [-0.2, -0.15) is 18.2 Å². The molecular weight excluding hydrogens is 389 g/mol. The first-order valence-corrected chi connectivity index (χ1v) is 8.81. The molecule has 152 valence electrons. The largest absolute Gasteiger partial charge is 0.497 e. The highest BCUT2D eigenvalue weighted by molar-refractivity contribution is 6.23. The number of hydrogen-bond donors (Lipinski definition) is 0. The third-order valence-electron chi connectivity index (χ3n) is 5.20. The smallest absolute Gasteiger partial charge is 0.416 e. The van der Waals surface area contributed by atoms with E-state index in [0.29, 0.717) is 5.75 Å². The van der Waals surface area contributed by atoms with Crippen molar-refractivity contribution in [2.45, 2.75) is 18.3 Å². The molecule has 3 atom stereocenters. The number of carbonyl (C=O) groups excluding carboxylic acids is 2. The summed E-state index contributed by atoms with van der Waals surface area (Å²) < 4.78 is 44.3. The van der Waals surface area contributed by atoms with E-state index < -0.39 is 41.6 Å². The van der Waals surface area contributed by atoms with E-state index in [0.717, 1.165) is 22.6 Å². The fraction of sp³-hybridized carbons (Fsp3) is 0.300. The van der Waals surface area contributed by atoms with E-state index >= 15 is 0 Å². The van der Waals surface area contributed by atoms with Gasteiger partial charge in [0.25, 0.3) is 5.91 Å². The standard InChI is InChI=1S/C20H17F3N2O4/c1-24-16(11-6-8-14(28-2)9-7-11)15-17(29-24)19(27)25(18(15)26)13-5-3-4-12(10-13)20(21,22)23/h3-10,15-17H,1-2H3/t15-,16-,17+/m1/s1. The number of hydroxylamine groups is 2. The molecule has 9 heteroatoms. The van der Waals surface area contributed by atoms with Gasteiger partial charge in [0.2, 0.25) is 5.91 Å². The molecule has 0 aromatic heterocycles. The van der Waals surface area contributed by atoms with Gasteiger partial charge in [-0.3, -0.25) is 14.4 Å². The molecule has 2 aromatic rings. The van der Waals surface area contributed by atoms with Crippen LogP contribution in [-0.4, -0.2) is 37.1 Å². The molecule has 2 saturated heterocycles. The Morgan fingerprint density at radius 2 is 1.72 bits per heavy atom. The van der Waals surface area contributed by atoms with Crippen molar-refractivity contribution in [3.63, 3.8) is 0 Å². The average Bonchev–Trinajstić information content (AvgIpc) is 3.15. The lowest BCUT2D eigenvalue weighted by atomic mass is 9.91. The summed E-state index contributed by atoms with van der Waals surface area (Å²) in [6, 6.07) is 10.6. The molecule has 2 aromatic carbocycles. The van der Waals surface area contributed by atoms with Crippen LogP contribution in [0.1, 0.15) is 17.2 Å². The van der Waals surface area contributed by atoms with Crippen LogP contribution in [0.5, 0.6) is 5.75 Å². The molecule has 2 heterocycles. The van der Waals surface area contributed by atoms with Gasteiger partial charge in [0.15, 0.2) is 6.10 Å². The second kappa shape index (κ2) is 6.85. The molecule has 29 heavy (non-hydrogen) atoms. The molecule has 0 radical (unpaired) electrons. The number of rotatable bonds is 3. The van der Waals surface area contributed by atoms with Crippen molar-refractivity contribution in [3.8, 4) is 5.75 Å². The highest BCUT2D eigenvalue weighted by Crippen LogP contribution is 2.45. The van der Waals surface area contributed by atoms with E-state index in [1.54, 1.807) is 31.3 Å². The van der Waals surface area contributed by atoms with E-state index in [-0.39, 0.29) is 5.69 Å². The highest BCUT2D eigenvalue weighted by atomic mass is 19.4. The number of nitrogens with zero attached hydrogens (tertiary/aromatic N) is 2. The number of hydrogen-bond acceptors (Lipinski definition) is 5. The van der Waals surface area contributed by atoms with Crippen LogP contribution >= 0.6 is 0 Å². The van der Waals surface area contributed by atoms with Crippen LogP contribution in [-0.2, 0) is 20.6 Å². The lowest BCUT2D eigenvalue weighted by Gasteiger charge is -2.24. The number of amides is 2. The van der Waals surface area contributed by atoms with Crippen LogP contribution in [0.2, 0.25) is 0 Å². The van der Waals surface area contributed by atoms with Crippen LogP contribution in [0.4, 0.5) is 18.9 Å². The zero-order valence-electron chi connectivity index (χ0n) is 15.5. The van der Waals surface area contributed by atoms with Crippen molar-refractivity contribution in [1.82, 2.24) is 5.06 Å². The Morgan fingerprint density at radius 3 is 2.34 bits per heavy atom. The predicted molar refractivity (Wildman–Crippen MR) is 95.8 cm³/mol. The topological polar surface area (TPSA) is 59.1 Å². The maximum absolute atomic E-state index is 13.1. The Hall–Kier alpha value is -2.91. The minimum atomic E-state index is -4.58. The van der Waals surface area contributed by atoms with Crippen molar-refractivity contribution in [1.29, 1.82) is 0 Å². The van der Waals surface area contributed by atoms with Gasteiger partial charge in [-0.25, -0.2) is 4.90 Å².